The number of phenols is 10. The first kappa shape index (κ1) is 53.0. The van der Waals surface area contributed by atoms with Gasteiger partial charge in [-0.1, -0.05) is 151 Å². The first-order valence-corrected chi connectivity index (χ1v) is 27.2. The largest absolute Gasteiger partial charge is 0.505 e. The van der Waals surface area contributed by atoms with E-state index >= 15 is 0 Å². The molecular weight excluding hydrogens is 1040 g/mol. The molecule has 0 saturated heterocycles. The zero-order valence-electron chi connectivity index (χ0n) is 45.8. The molecule has 11 aromatic rings. The summed E-state index contributed by atoms with van der Waals surface area (Å²) in [6, 6.07) is 56.0. The van der Waals surface area contributed by atoms with Gasteiger partial charge < -0.3 is 60.9 Å². The monoisotopic (exact) mass is 1100 g/mol. The predicted octanol–water partition coefficient (Wildman–Crippen LogP) is 17.5. The van der Waals surface area contributed by atoms with Crippen LogP contribution in [0.4, 0.5) is 28.4 Å². The second-order valence-electron chi connectivity index (χ2n) is 21.4. The molecule has 11 aromatic carbocycles. The zero-order valence-corrected chi connectivity index (χ0v) is 45.8. The van der Waals surface area contributed by atoms with Crippen LogP contribution in [0.1, 0.15) is 44.2 Å². The topological polar surface area (TPSA) is 209 Å². The number of nitrogens with zero attached hydrogens (tertiary/aromatic N) is 2. The highest BCUT2D eigenvalue weighted by atomic mass is 16.4. The normalized spacial score (nSPS) is 12.7. The lowest BCUT2D eigenvalue weighted by Crippen LogP contribution is -2.19. The first-order valence-electron chi connectivity index (χ1n) is 27.2. The van der Waals surface area contributed by atoms with Crippen LogP contribution in [0.3, 0.4) is 0 Å². The number of phenolic OH excluding ortho intramolecular Hbond substituents is 10. The number of anilines is 5. The summed E-state index contributed by atoms with van der Waals surface area (Å²) >= 11 is 0. The van der Waals surface area contributed by atoms with E-state index < -0.39 is 89.8 Å². The minimum atomic E-state index is -1.18. The van der Waals surface area contributed by atoms with Crippen LogP contribution in [0.5, 0.6) is 57.5 Å². The number of hydrogen-bond acceptors (Lipinski definition) is 12. The van der Waals surface area contributed by atoms with Gasteiger partial charge in [0.05, 0.1) is 10.8 Å². The van der Waals surface area contributed by atoms with Gasteiger partial charge >= 0.3 is 0 Å². The highest BCUT2D eigenvalue weighted by molar-refractivity contribution is 6.35. The van der Waals surface area contributed by atoms with E-state index in [1.54, 1.807) is 34.1 Å². The van der Waals surface area contributed by atoms with E-state index in [4.69, 9.17) is 0 Å². The van der Waals surface area contributed by atoms with Crippen LogP contribution < -0.4 is 9.80 Å². The van der Waals surface area contributed by atoms with Gasteiger partial charge in [-0.05, 0) is 145 Å². The van der Waals surface area contributed by atoms with Gasteiger partial charge in [-0.2, -0.15) is 0 Å². The smallest absolute Gasteiger partial charge is 0.205 e. The van der Waals surface area contributed by atoms with Gasteiger partial charge in [-0.15, -0.1) is 0 Å². The maximum absolute atomic E-state index is 13.7. The number of rotatable bonds is 10. The van der Waals surface area contributed by atoms with E-state index in [1.165, 1.54) is 0 Å². The Morgan fingerprint density at radius 1 is 0.313 bits per heavy atom. The van der Waals surface area contributed by atoms with Crippen molar-refractivity contribution in [2.45, 2.75) is 47.0 Å². The number of fused-ring (bicyclic) bond motifs is 5. The SMILES string of the molecule is CC1=CC(C)=C(N(c2cccc(-c3cccc(-c4ccccc4)c3)c2)c2c(O)c3c4c(O)c(O)c(O)c(O)c4c(N(c4cccc(-c5cccc(-c6ccccc6)c5)c4)c4ccc(C)cc4C)c(O)c3c3c(O)c(O)c(O)c(O)c23)CCC1. The van der Waals surface area contributed by atoms with Crippen molar-refractivity contribution in [1.82, 2.24) is 0 Å². The highest BCUT2D eigenvalue weighted by Crippen LogP contribution is 2.66. The van der Waals surface area contributed by atoms with Crippen LogP contribution in [0.15, 0.2) is 199 Å². The fourth-order valence-electron chi connectivity index (χ4n) is 12.1. The predicted molar refractivity (Wildman–Crippen MR) is 330 cm³/mol. The van der Waals surface area contributed by atoms with Gasteiger partial charge in [0.25, 0.3) is 0 Å². The third kappa shape index (κ3) is 8.88. The summed E-state index contributed by atoms with van der Waals surface area (Å²) in [4.78, 5) is 3.26. The fourth-order valence-corrected chi connectivity index (χ4v) is 12.1. The molecule has 0 aliphatic heterocycles. The van der Waals surface area contributed by atoms with E-state index in [1.807, 2.05) is 179 Å². The van der Waals surface area contributed by atoms with Crippen molar-refractivity contribution in [3.63, 3.8) is 0 Å². The molecule has 0 spiro atoms. The molecule has 412 valence electrons. The molecule has 0 saturated carbocycles. The van der Waals surface area contributed by atoms with Crippen molar-refractivity contribution >= 4 is 60.8 Å². The number of aryl methyl sites for hydroxylation is 2. The van der Waals surface area contributed by atoms with Gasteiger partial charge in [0.2, 0.25) is 23.0 Å². The molecule has 12 rings (SSSR count). The minimum absolute atomic E-state index is 0.287. The highest BCUT2D eigenvalue weighted by Gasteiger charge is 2.38. The fraction of sp³-hybridized carbons (Fsp3) is 0.0986. The molecular formula is C71H58N2O10. The van der Waals surface area contributed by atoms with Gasteiger partial charge in [-0.3, -0.25) is 0 Å². The van der Waals surface area contributed by atoms with E-state index in [-0.39, 0.29) is 11.4 Å². The summed E-state index contributed by atoms with van der Waals surface area (Å²) in [5, 5.41) is 121. The van der Waals surface area contributed by atoms with Crippen LogP contribution in [-0.2, 0) is 0 Å². The molecule has 83 heavy (non-hydrogen) atoms. The van der Waals surface area contributed by atoms with Crippen molar-refractivity contribution in [2.75, 3.05) is 9.80 Å². The minimum Gasteiger partial charge on any atom is -0.505 e. The van der Waals surface area contributed by atoms with Crippen molar-refractivity contribution in [2.24, 2.45) is 0 Å². The van der Waals surface area contributed by atoms with Crippen molar-refractivity contribution in [3.8, 4) is 102 Å². The molecule has 0 unspecified atom stereocenters. The summed E-state index contributed by atoms with van der Waals surface area (Å²) in [6.07, 6.45) is 3.74. The maximum Gasteiger partial charge on any atom is 0.205 e. The lowest BCUT2D eigenvalue weighted by Gasteiger charge is -2.34. The van der Waals surface area contributed by atoms with Crippen LogP contribution in [0.25, 0.3) is 76.8 Å². The Bertz CT molecular complexity index is 4530. The average molecular weight is 1100 g/mol. The average Bonchev–Trinajstić information content (AvgIpc) is 1.40. The van der Waals surface area contributed by atoms with Crippen LogP contribution in [0, 0.1) is 13.8 Å². The standard InChI is InChI=1S/C71H58N2O10/c1-38-16-11-29-52(40(3)32-38)72(50-27-14-25-48(36-50)46-23-12-21-44(34-46)42-17-7-5-8-18-42)60-58-56(64(76)68(80)70(82)66(58)78)55-54(62(60)74)57-59(67(79)71(83)69(81)65(57)77)61(63(55)75)73(53-31-30-39(2)33-41(53)4)51-28-15-26-49(37-51)47-24-13-22-45(35-47)43-19-9-6-10-20-43/h5-10,12-15,17-28,30-37,74-83H,11,16,29H2,1-4H3. The molecule has 0 atom stereocenters. The molecule has 0 fully saturated rings. The van der Waals surface area contributed by atoms with E-state index in [9.17, 15) is 51.1 Å². The Balaban J connectivity index is 1.22. The van der Waals surface area contributed by atoms with Gasteiger partial charge in [0.1, 0.15) is 22.9 Å². The maximum atomic E-state index is 13.7. The van der Waals surface area contributed by atoms with Gasteiger partial charge in [-0.25, -0.2) is 0 Å². The Hall–Kier alpha value is -10.7. The quantitative estimate of drug-likeness (QED) is 0.0353. The van der Waals surface area contributed by atoms with Crippen molar-refractivity contribution < 1.29 is 51.1 Å². The third-order valence-electron chi connectivity index (χ3n) is 16.0. The van der Waals surface area contributed by atoms with Crippen molar-refractivity contribution in [3.05, 3.63) is 210 Å². The molecule has 1 aliphatic rings. The van der Waals surface area contributed by atoms with E-state index in [0.717, 1.165) is 61.2 Å². The lowest BCUT2D eigenvalue weighted by molar-refractivity contribution is 0.350. The molecule has 0 radical (unpaired) electrons. The molecule has 0 heterocycles. The van der Waals surface area contributed by atoms with Gasteiger partial charge in [0.15, 0.2) is 23.0 Å². The number of aromatic hydroxyl groups is 10. The van der Waals surface area contributed by atoms with Crippen LogP contribution >= 0.6 is 0 Å². The Kier molecular flexibility index (Phi) is 13.2. The first-order chi connectivity index (χ1) is 40.0. The molecule has 0 amide bonds. The molecule has 12 nitrogen and oxygen atoms in total. The zero-order chi connectivity index (χ0) is 58.1. The second kappa shape index (κ2) is 20.7. The Labute approximate surface area is 478 Å². The Morgan fingerprint density at radius 3 is 1.14 bits per heavy atom. The summed E-state index contributed by atoms with van der Waals surface area (Å²) in [5.74, 6) is -10.3. The van der Waals surface area contributed by atoms with E-state index in [0.29, 0.717) is 47.6 Å². The number of hydrogen-bond donors (Lipinski definition) is 10. The summed E-state index contributed by atoms with van der Waals surface area (Å²) in [6.45, 7) is 7.66. The summed E-state index contributed by atoms with van der Waals surface area (Å²) in [7, 11) is 0. The molecule has 12 heteroatoms. The van der Waals surface area contributed by atoms with Crippen LogP contribution in [-0.4, -0.2) is 51.1 Å². The summed E-state index contributed by atoms with van der Waals surface area (Å²) in [5.41, 5.74) is 11.6. The van der Waals surface area contributed by atoms with Gasteiger partial charge in [0, 0.05) is 44.3 Å². The summed E-state index contributed by atoms with van der Waals surface area (Å²) < 4.78 is 0. The molecule has 0 aromatic heterocycles. The van der Waals surface area contributed by atoms with Crippen molar-refractivity contribution in [1.29, 1.82) is 0 Å². The molecule has 10 N–H and O–H groups in total. The van der Waals surface area contributed by atoms with Crippen LogP contribution in [0.2, 0.25) is 0 Å². The lowest BCUT2D eigenvalue weighted by atomic mass is 9.88. The molecule has 1 aliphatic carbocycles. The molecule has 0 bridgehead atoms. The van der Waals surface area contributed by atoms with E-state index in [2.05, 4.69) is 6.07 Å². The second-order valence-corrected chi connectivity index (χ2v) is 21.4. The number of benzene rings is 11. The third-order valence-corrected chi connectivity index (χ3v) is 16.0. The Morgan fingerprint density at radius 2 is 0.687 bits per heavy atom. The number of allylic oxidation sites excluding steroid dienone is 4.